The molecular weight excluding hydrogens is 240 g/mol. The van der Waals surface area contributed by atoms with Gasteiger partial charge in [-0.2, -0.15) is 0 Å². The molecule has 2 N–H and O–H groups in total. The summed E-state index contributed by atoms with van der Waals surface area (Å²) in [6.45, 7) is 4.68. The molecule has 0 spiro atoms. The average Bonchev–Trinajstić information content (AvgIpc) is 3.08. The molecule has 1 fully saturated rings. The number of aliphatic carboxylic acids is 1. The molecule has 98 valence electrons. The van der Waals surface area contributed by atoms with Crippen LogP contribution in [0, 0.1) is 0 Å². The molecule has 0 radical (unpaired) electrons. The van der Waals surface area contributed by atoms with Crippen molar-refractivity contribution in [3.05, 3.63) is 0 Å². The van der Waals surface area contributed by atoms with Gasteiger partial charge in [-0.05, 0) is 19.4 Å². The Kier molecular flexibility index (Phi) is 6.36. The fourth-order valence-corrected chi connectivity index (χ4v) is 2.22. The van der Waals surface area contributed by atoms with E-state index in [-0.39, 0.29) is 17.4 Å². The van der Waals surface area contributed by atoms with Gasteiger partial charge in [0.15, 0.2) is 0 Å². The molecule has 1 aliphatic carbocycles. The van der Waals surface area contributed by atoms with Crippen LogP contribution in [0.25, 0.3) is 0 Å². The lowest BCUT2D eigenvalue weighted by Gasteiger charge is -2.19. The van der Waals surface area contributed by atoms with E-state index in [9.17, 15) is 9.59 Å². The molecule has 0 atom stereocenters. The summed E-state index contributed by atoms with van der Waals surface area (Å²) in [5.74, 6) is -0.755. The number of carboxylic acids is 1. The molecular formula is C11H20N2O3S. The summed E-state index contributed by atoms with van der Waals surface area (Å²) in [4.78, 5) is 23.9. The molecule has 6 heteroatoms. The molecule has 1 rings (SSSR count). The second-order valence-corrected chi connectivity index (χ2v) is 5.08. The number of amides is 1. The Hall–Kier alpha value is -0.750. The smallest absolute Gasteiger partial charge is 0.313 e. The minimum Gasteiger partial charge on any atom is -0.481 e. The van der Waals surface area contributed by atoms with Crippen LogP contribution in [0.15, 0.2) is 0 Å². The van der Waals surface area contributed by atoms with Crippen molar-refractivity contribution in [3.8, 4) is 0 Å². The number of likely N-dealkylation sites (N-methyl/N-ethyl adjacent to an activating group) is 1. The van der Waals surface area contributed by atoms with Gasteiger partial charge in [-0.1, -0.05) is 6.92 Å². The zero-order valence-electron chi connectivity index (χ0n) is 10.1. The quantitative estimate of drug-likeness (QED) is 0.628. The van der Waals surface area contributed by atoms with Gasteiger partial charge in [-0.15, -0.1) is 11.8 Å². The highest BCUT2D eigenvalue weighted by atomic mass is 32.2. The molecule has 0 heterocycles. The Balaban J connectivity index is 2.00. The van der Waals surface area contributed by atoms with Crippen LogP contribution in [0.2, 0.25) is 0 Å². The van der Waals surface area contributed by atoms with Gasteiger partial charge >= 0.3 is 5.97 Å². The molecule has 0 aromatic rings. The third-order valence-electron chi connectivity index (χ3n) is 2.65. The Morgan fingerprint density at radius 1 is 1.41 bits per heavy atom. The Bertz CT molecular complexity index is 269. The van der Waals surface area contributed by atoms with Gasteiger partial charge in [-0.3, -0.25) is 14.5 Å². The number of thioether (sulfide) groups is 1. The number of hydrogen-bond donors (Lipinski definition) is 2. The maximum atomic E-state index is 11.3. The molecule has 0 saturated heterocycles. The first kappa shape index (κ1) is 14.3. The van der Waals surface area contributed by atoms with Crippen molar-refractivity contribution in [2.24, 2.45) is 0 Å². The highest BCUT2D eigenvalue weighted by Gasteiger charge is 2.27. The molecule has 0 bridgehead atoms. The highest BCUT2D eigenvalue weighted by Crippen LogP contribution is 2.25. The normalized spacial score (nSPS) is 14.9. The number of carbonyl (C=O) groups is 2. The zero-order valence-corrected chi connectivity index (χ0v) is 11.0. The number of nitrogens with zero attached hydrogens (tertiary/aromatic N) is 1. The Morgan fingerprint density at radius 2 is 2.12 bits per heavy atom. The van der Waals surface area contributed by atoms with Crippen molar-refractivity contribution in [2.45, 2.75) is 25.8 Å². The van der Waals surface area contributed by atoms with Crippen molar-refractivity contribution >= 4 is 23.6 Å². The van der Waals surface area contributed by atoms with Crippen molar-refractivity contribution in [3.63, 3.8) is 0 Å². The second-order valence-electron chi connectivity index (χ2n) is 4.10. The first-order chi connectivity index (χ1) is 8.13. The summed E-state index contributed by atoms with van der Waals surface area (Å²) in [5, 5.41) is 11.2. The van der Waals surface area contributed by atoms with Crippen molar-refractivity contribution in [1.29, 1.82) is 0 Å². The fourth-order valence-electron chi connectivity index (χ4n) is 1.66. The predicted molar refractivity (Wildman–Crippen MR) is 68.2 cm³/mol. The number of hydrogen-bond acceptors (Lipinski definition) is 4. The van der Waals surface area contributed by atoms with Crippen LogP contribution in [0.1, 0.15) is 19.8 Å². The Morgan fingerprint density at radius 3 is 2.65 bits per heavy atom. The molecule has 1 amide bonds. The monoisotopic (exact) mass is 260 g/mol. The largest absolute Gasteiger partial charge is 0.481 e. The predicted octanol–water partition coefficient (Wildman–Crippen LogP) is 0.405. The summed E-state index contributed by atoms with van der Waals surface area (Å²) in [5.41, 5.74) is 0. The van der Waals surface area contributed by atoms with Gasteiger partial charge in [0.25, 0.3) is 0 Å². The van der Waals surface area contributed by atoms with E-state index in [0.717, 1.165) is 30.9 Å². The van der Waals surface area contributed by atoms with Crippen LogP contribution in [-0.2, 0) is 9.59 Å². The van der Waals surface area contributed by atoms with Crippen LogP contribution in [0.5, 0.6) is 0 Å². The highest BCUT2D eigenvalue weighted by molar-refractivity contribution is 8.00. The van der Waals surface area contributed by atoms with E-state index < -0.39 is 5.97 Å². The van der Waals surface area contributed by atoms with E-state index in [1.165, 1.54) is 12.8 Å². The van der Waals surface area contributed by atoms with E-state index in [4.69, 9.17) is 5.11 Å². The fraction of sp³-hybridized carbons (Fsp3) is 0.818. The van der Waals surface area contributed by atoms with Gasteiger partial charge in [0.05, 0.1) is 11.5 Å². The maximum absolute atomic E-state index is 11.3. The zero-order chi connectivity index (χ0) is 12.7. The van der Waals surface area contributed by atoms with Crippen LogP contribution in [-0.4, -0.2) is 59.1 Å². The molecule has 0 aromatic carbocycles. The van der Waals surface area contributed by atoms with Crippen LogP contribution < -0.4 is 5.32 Å². The molecule has 1 saturated carbocycles. The SMILES string of the molecule is CCN(CCNC(=O)CSCC(=O)O)C1CC1. The first-order valence-corrected chi connectivity index (χ1v) is 7.09. The lowest BCUT2D eigenvalue weighted by molar-refractivity contribution is -0.133. The van der Waals surface area contributed by atoms with E-state index in [1.54, 1.807) is 0 Å². The summed E-state index contributed by atoms with van der Waals surface area (Å²) in [6, 6.07) is 0.721. The summed E-state index contributed by atoms with van der Waals surface area (Å²) >= 11 is 1.13. The average molecular weight is 260 g/mol. The lowest BCUT2D eigenvalue weighted by Crippen LogP contribution is -2.36. The topological polar surface area (TPSA) is 69.6 Å². The van der Waals surface area contributed by atoms with Gasteiger partial charge in [-0.25, -0.2) is 0 Å². The van der Waals surface area contributed by atoms with Gasteiger partial charge in [0.1, 0.15) is 0 Å². The first-order valence-electron chi connectivity index (χ1n) is 5.93. The third-order valence-corrected chi connectivity index (χ3v) is 3.57. The van der Waals surface area contributed by atoms with Crippen LogP contribution in [0.3, 0.4) is 0 Å². The maximum Gasteiger partial charge on any atom is 0.313 e. The van der Waals surface area contributed by atoms with Gasteiger partial charge in [0, 0.05) is 19.1 Å². The lowest BCUT2D eigenvalue weighted by atomic mass is 10.4. The third kappa shape index (κ3) is 6.53. The van der Waals surface area contributed by atoms with Crippen LogP contribution >= 0.6 is 11.8 Å². The van der Waals surface area contributed by atoms with E-state index in [2.05, 4.69) is 17.1 Å². The molecule has 0 aromatic heterocycles. The summed E-state index contributed by atoms with van der Waals surface area (Å²) in [6.07, 6.45) is 2.55. The number of carboxylic acid groups (broad SMARTS) is 1. The molecule has 5 nitrogen and oxygen atoms in total. The summed E-state index contributed by atoms with van der Waals surface area (Å²) in [7, 11) is 0. The number of rotatable bonds is 9. The van der Waals surface area contributed by atoms with E-state index in [1.807, 2.05) is 0 Å². The summed E-state index contributed by atoms with van der Waals surface area (Å²) < 4.78 is 0. The molecule has 1 aliphatic rings. The molecule has 0 aliphatic heterocycles. The standard InChI is InChI=1S/C11H20N2O3S/c1-2-13(9-3-4-9)6-5-12-10(14)7-17-8-11(15)16/h9H,2-8H2,1H3,(H,12,14)(H,15,16). The van der Waals surface area contributed by atoms with E-state index >= 15 is 0 Å². The second kappa shape index (κ2) is 7.55. The van der Waals surface area contributed by atoms with Crippen molar-refractivity contribution < 1.29 is 14.7 Å². The number of carbonyl (C=O) groups excluding carboxylic acids is 1. The molecule has 17 heavy (non-hydrogen) atoms. The van der Waals surface area contributed by atoms with Gasteiger partial charge < -0.3 is 10.4 Å². The van der Waals surface area contributed by atoms with Gasteiger partial charge in [0.2, 0.25) is 5.91 Å². The van der Waals surface area contributed by atoms with Crippen LogP contribution in [0.4, 0.5) is 0 Å². The minimum atomic E-state index is -0.881. The molecule has 0 unspecified atom stereocenters. The number of nitrogens with one attached hydrogen (secondary N) is 1. The Labute approximate surface area is 106 Å². The van der Waals surface area contributed by atoms with E-state index in [0.29, 0.717) is 6.54 Å². The van der Waals surface area contributed by atoms with Crippen molar-refractivity contribution in [2.75, 3.05) is 31.1 Å². The van der Waals surface area contributed by atoms with Crippen molar-refractivity contribution in [1.82, 2.24) is 10.2 Å². The minimum absolute atomic E-state index is 0.0173.